The molecule has 0 spiro atoms. The SMILES string of the molecule is COCCOc1ccc(Oc2ccc(S(C)(=O)=O)cc2)cc1. The average Bonchev–Trinajstić information content (AvgIpc) is 2.49. The van der Waals surface area contributed by atoms with Crippen LogP contribution in [0.5, 0.6) is 17.2 Å². The quantitative estimate of drug-likeness (QED) is 0.734. The first-order chi connectivity index (χ1) is 10.5. The molecule has 0 aromatic heterocycles. The third-order valence-corrected chi connectivity index (χ3v) is 4.00. The highest BCUT2D eigenvalue weighted by atomic mass is 32.2. The van der Waals surface area contributed by atoms with Gasteiger partial charge in [0.05, 0.1) is 11.5 Å². The summed E-state index contributed by atoms with van der Waals surface area (Å²) >= 11 is 0. The molecule has 0 bridgehead atoms. The minimum atomic E-state index is -3.19. The van der Waals surface area contributed by atoms with Crippen molar-refractivity contribution < 1.29 is 22.6 Å². The van der Waals surface area contributed by atoms with E-state index in [0.717, 1.165) is 5.75 Å². The lowest BCUT2D eigenvalue weighted by Crippen LogP contribution is -2.03. The molecule has 2 rings (SSSR count). The van der Waals surface area contributed by atoms with Crippen LogP contribution >= 0.6 is 0 Å². The Morgan fingerprint density at radius 3 is 1.82 bits per heavy atom. The maximum atomic E-state index is 11.4. The van der Waals surface area contributed by atoms with E-state index in [4.69, 9.17) is 14.2 Å². The molecule has 0 saturated carbocycles. The minimum absolute atomic E-state index is 0.266. The third kappa shape index (κ3) is 4.75. The zero-order chi connectivity index (χ0) is 16.0. The van der Waals surface area contributed by atoms with Gasteiger partial charge in [0.15, 0.2) is 9.84 Å². The fourth-order valence-electron chi connectivity index (χ4n) is 1.74. The number of methoxy groups -OCH3 is 1. The molecule has 0 saturated heterocycles. The Morgan fingerprint density at radius 1 is 0.818 bits per heavy atom. The molecule has 0 N–H and O–H groups in total. The maximum absolute atomic E-state index is 11.4. The van der Waals surface area contributed by atoms with Crippen LogP contribution in [-0.4, -0.2) is 35.0 Å². The molecule has 2 aromatic carbocycles. The van der Waals surface area contributed by atoms with Crippen LogP contribution in [0.4, 0.5) is 0 Å². The number of ether oxygens (including phenoxy) is 3. The van der Waals surface area contributed by atoms with E-state index in [2.05, 4.69) is 0 Å². The lowest BCUT2D eigenvalue weighted by atomic mass is 10.3. The molecule has 5 nitrogen and oxygen atoms in total. The van der Waals surface area contributed by atoms with Crippen LogP contribution in [0.3, 0.4) is 0 Å². The highest BCUT2D eigenvalue weighted by Gasteiger charge is 2.06. The van der Waals surface area contributed by atoms with Crippen molar-refractivity contribution in [2.45, 2.75) is 4.90 Å². The number of rotatable bonds is 7. The van der Waals surface area contributed by atoms with Crippen LogP contribution < -0.4 is 9.47 Å². The standard InChI is InChI=1S/C16H18O5S/c1-19-11-12-20-13-3-5-14(6-4-13)21-15-7-9-16(10-8-15)22(2,17)18/h3-10H,11-12H2,1-2H3. The summed E-state index contributed by atoms with van der Waals surface area (Å²) < 4.78 is 38.8. The first-order valence-corrected chi connectivity index (χ1v) is 8.58. The number of hydrogen-bond acceptors (Lipinski definition) is 5. The van der Waals surface area contributed by atoms with E-state index >= 15 is 0 Å². The van der Waals surface area contributed by atoms with Crippen molar-refractivity contribution in [3.05, 3.63) is 48.5 Å². The normalized spacial score (nSPS) is 11.2. The van der Waals surface area contributed by atoms with Gasteiger partial charge in [-0.15, -0.1) is 0 Å². The van der Waals surface area contributed by atoms with Gasteiger partial charge in [-0.05, 0) is 48.5 Å². The molecular formula is C16H18O5S. The van der Waals surface area contributed by atoms with Gasteiger partial charge in [-0.3, -0.25) is 0 Å². The Morgan fingerprint density at radius 2 is 1.32 bits per heavy atom. The van der Waals surface area contributed by atoms with Gasteiger partial charge < -0.3 is 14.2 Å². The van der Waals surface area contributed by atoms with Crippen molar-refractivity contribution in [2.75, 3.05) is 26.6 Å². The maximum Gasteiger partial charge on any atom is 0.175 e. The Bertz CT molecular complexity index is 690. The number of hydrogen-bond donors (Lipinski definition) is 0. The molecule has 0 aliphatic heterocycles. The van der Waals surface area contributed by atoms with E-state index in [1.54, 1.807) is 43.5 Å². The van der Waals surface area contributed by atoms with Crippen molar-refractivity contribution in [3.63, 3.8) is 0 Å². The van der Waals surface area contributed by atoms with E-state index < -0.39 is 9.84 Å². The highest BCUT2D eigenvalue weighted by Crippen LogP contribution is 2.24. The van der Waals surface area contributed by atoms with Crippen LogP contribution in [-0.2, 0) is 14.6 Å². The lowest BCUT2D eigenvalue weighted by molar-refractivity contribution is 0.146. The molecule has 6 heteroatoms. The van der Waals surface area contributed by atoms with E-state index in [-0.39, 0.29) is 4.90 Å². The lowest BCUT2D eigenvalue weighted by Gasteiger charge is -2.08. The average molecular weight is 322 g/mol. The second-order valence-electron chi connectivity index (χ2n) is 4.66. The van der Waals surface area contributed by atoms with Crippen molar-refractivity contribution in [1.29, 1.82) is 0 Å². The molecule has 0 aliphatic rings. The molecular weight excluding hydrogens is 304 g/mol. The molecule has 0 unspecified atom stereocenters. The van der Waals surface area contributed by atoms with Crippen molar-refractivity contribution in [2.24, 2.45) is 0 Å². The highest BCUT2D eigenvalue weighted by molar-refractivity contribution is 7.90. The van der Waals surface area contributed by atoms with E-state index in [1.165, 1.54) is 18.4 Å². The zero-order valence-electron chi connectivity index (χ0n) is 12.5. The first-order valence-electron chi connectivity index (χ1n) is 6.69. The summed E-state index contributed by atoms with van der Waals surface area (Å²) in [5.74, 6) is 1.95. The van der Waals surface area contributed by atoms with Crippen molar-refractivity contribution in [3.8, 4) is 17.2 Å². The van der Waals surface area contributed by atoms with Gasteiger partial charge in [0.2, 0.25) is 0 Å². The fraction of sp³-hybridized carbons (Fsp3) is 0.250. The predicted molar refractivity (Wildman–Crippen MR) is 83.4 cm³/mol. The van der Waals surface area contributed by atoms with Crippen LogP contribution in [0.2, 0.25) is 0 Å². The first kappa shape index (κ1) is 16.3. The van der Waals surface area contributed by atoms with Gasteiger partial charge in [0.1, 0.15) is 23.9 Å². The van der Waals surface area contributed by atoms with E-state index in [0.29, 0.717) is 24.7 Å². The fourth-order valence-corrected chi connectivity index (χ4v) is 2.37. The van der Waals surface area contributed by atoms with Crippen LogP contribution in [0.1, 0.15) is 0 Å². The number of benzene rings is 2. The third-order valence-electron chi connectivity index (χ3n) is 2.87. The van der Waals surface area contributed by atoms with Gasteiger partial charge in [0.25, 0.3) is 0 Å². The van der Waals surface area contributed by atoms with Crippen molar-refractivity contribution >= 4 is 9.84 Å². The summed E-state index contributed by atoms with van der Waals surface area (Å²) in [7, 11) is -1.57. The largest absolute Gasteiger partial charge is 0.491 e. The molecule has 0 atom stereocenters. The summed E-state index contributed by atoms with van der Waals surface area (Å²) in [6.07, 6.45) is 1.17. The Kier molecular flexibility index (Phi) is 5.41. The molecule has 0 fully saturated rings. The van der Waals surface area contributed by atoms with Gasteiger partial charge in [-0.1, -0.05) is 0 Å². The summed E-state index contributed by atoms with van der Waals surface area (Å²) in [6, 6.07) is 13.5. The topological polar surface area (TPSA) is 61.8 Å². The molecule has 0 heterocycles. The monoisotopic (exact) mass is 322 g/mol. The van der Waals surface area contributed by atoms with Gasteiger partial charge in [0, 0.05) is 13.4 Å². The zero-order valence-corrected chi connectivity index (χ0v) is 13.3. The second kappa shape index (κ2) is 7.29. The van der Waals surface area contributed by atoms with Crippen LogP contribution in [0.25, 0.3) is 0 Å². The van der Waals surface area contributed by atoms with Gasteiger partial charge >= 0.3 is 0 Å². The van der Waals surface area contributed by atoms with Crippen LogP contribution in [0, 0.1) is 0 Å². The molecule has 0 radical (unpaired) electrons. The smallest absolute Gasteiger partial charge is 0.175 e. The summed E-state index contributed by atoms with van der Waals surface area (Å²) in [6.45, 7) is 1.02. The van der Waals surface area contributed by atoms with Crippen molar-refractivity contribution in [1.82, 2.24) is 0 Å². The second-order valence-corrected chi connectivity index (χ2v) is 6.67. The summed E-state index contributed by atoms with van der Waals surface area (Å²) in [5.41, 5.74) is 0. The molecule has 0 amide bonds. The molecule has 118 valence electrons. The number of sulfone groups is 1. The van der Waals surface area contributed by atoms with Crippen LogP contribution in [0.15, 0.2) is 53.4 Å². The van der Waals surface area contributed by atoms with Gasteiger partial charge in [-0.2, -0.15) is 0 Å². The Balaban J connectivity index is 1.98. The summed E-state index contributed by atoms with van der Waals surface area (Å²) in [4.78, 5) is 0.266. The van der Waals surface area contributed by atoms with E-state index in [1.807, 2.05) is 0 Å². The molecule has 0 aliphatic carbocycles. The van der Waals surface area contributed by atoms with E-state index in [9.17, 15) is 8.42 Å². The molecule has 22 heavy (non-hydrogen) atoms. The van der Waals surface area contributed by atoms with Gasteiger partial charge in [-0.25, -0.2) is 8.42 Å². The Hall–Kier alpha value is -2.05. The predicted octanol–water partition coefficient (Wildman–Crippen LogP) is 2.91. The molecule has 2 aromatic rings. The summed E-state index contributed by atoms with van der Waals surface area (Å²) in [5, 5.41) is 0. The Labute approximate surface area is 130 Å². The minimum Gasteiger partial charge on any atom is -0.491 e.